The molecular formula is C19H14BrClO. The summed E-state index contributed by atoms with van der Waals surface area (Å²) in [5, 5.41) is 0.708. The summed E-state index contributed by atoms with van der Waals surface area (Å²) in [5.74, 6) is 0.845. The average Bonchev–Trinajstić information content (AvgIpc) is 2.53. The first kappa shape index (κ1) is 15.1. The Hall–Kier alpha value is -1.77. The molecule has 3 rings (SSSR count). The molecule has 110 valence electrons. The molecule has 0 spiro atoms. The third kappa shape index (κ3) is 3.90. The summed E-state index contributed by atoms with van der Waals surface area (Å²) in [6.07, 6.45) is 0. The van der Waals surface area contributed by atoms with E-state index in [1.165, 1.54) is 0 Å². The first-order valence-electron chi connectivity index (χ1n) is 6.94. The maximum absolute atomic E-state index is 6.12. The van der Waals surface area contributed by atoms with Gasteiger partial charge >= 0.3 is 0 Å². The van der Waals surface area contributed by atoms with Crippen LogP contribution in [0.25, 0.3) is 11.1 Å². The van der Waals surface area contributed by atoms with Crippen molar-refractivity contribution in [1.82, 2.24) is 0 Å². The van der Waals surface area contributed by atoms with E-state index in [9.17, 15) is 0 Å². The van der Waals surface area contributed by atoms with Crippen LogP contribution in [0.2, 0.25) is 5.02 Å². The van der Waals surface area contributed by atoms with Crippen LogP contribution in [-0.4, -0.2) is 0 Å². The van der Waals surface area contributed by atoms with Gasteiger partial charge in [0.15, 0.2) is 0 Å². The maximum Gasteiger partial charge on any atom is 0.120 e. The molecule has 0 N–H and O–H groups in total. The lowest BCUT2D eigenvalue weighted by Gasteiger charge is -2.09. The Morgan fingerprint density at radius 2 is 1.64 bits per heavy atom. The molecule has 0 aliphatic carbocycles. The summed E-state index contributed by atoms with van der Waals surface area (Å²) in [4.78, 5) is 0. The topological polar surface area (TPSA) is 9.23 Å². The van der Waals surface area contributed by atoms with E-state index in [4.69, 9.17) is 16.3 Å². The van der Waals surface area contributed by atoms with Crippen LogP contribution in [0.3, 0.4) is 0 Å². The van der Waals surface area contributed by atoms with Crippen LogP contribution in [0, 0.1) is 0 Å². The Kier molecular flexibility index (Phi) is 4.81. The zero-order valence-corrected chi connectivity index (χ0v) is 14.1. The van der Waals surface area contributed by atoms with Gasteiger partial charge in [0, 0.05) is 9.50 Å². The van der Waals surface area contributed by atoms with Gasteiger partial charge in [0.2, 0.25) is 0 Å². The number of rotatable bonds is 4. The molecule has 0 saturated carbocycles. The largest absolute Gasteiger partial charge is 0.489 e. The number of halogens is 2. The molecule has 0 unspecified atom stereocenters. The van der Waals surface area contributed by atoms with E-state index >= 15 is 0 Å². The fourth-order valence-electron chi connectivity index (χ4n) is 2.23. The highest BCUT2D eigenvalue weighted by Crippen LogP contribution is 2.29. The Morgan fingerprint density at radius 3 is 2.41 bits per heavy atom. The van der Waals surface area contributed by atoms with Crippen molar-refractivity contribution >= 4 is 27.5 Å². The fraction of sp³-hybridized carbons (Fsp3) is 0.0526. The third-order valence-corrected chi connectivity index (χ3v) is 3.95. The predicted molar refractivity (Wildman–Crippen MR) is 95.4 cm³/mol. The maximum atomic E-state index is 6.12. The van der Waals surface area contributed by atoms with Gasteiger partial charge in [-0.15, -0.1) is 0 Å². The number of ether oxygens (including phenoxy) is 1. The summed E-state index contributed by atoms with van der Waals surface area (Å²) in [7, 11) is 0. The fourth-order valence-corrected chi connectivity index (χ4v) is 3.09. The smallest absolute Gasteiger partial charge is 0.120 e. The summed E-state index contributed by atoms with van der Waals surface area (Å²) < 4.78 is 6.83. The van der Waals surface area contributed by atoms with Gasteiger partial charge in [-0.2, -0.15) is 0 Å². The Labute approximate surface area is 143 Å². The molecule has 0 aromatic heterocycles. The van der Waals surface area contributed by atoms with Crippen LogP contribution >= 0.6 is 27.5 Å². The second-order valence-corrected chi connectivity index (χ2v) is 6.31. The Morgan fingerprint density at radius 1 is 0.818 bits per heavy atom. The van der Waals surface area contributed by atoms with Crippen LogP contribution in [0.4, 0.5) is 0 Å². The lowest BCUT2D eigenvalue weighted by atomic mass is 10.1. The second kappa shape index (κ2) is 6.99. The molecule has 3 aromatic carbocycles. The number of hydrogen-bond donors (Lipinski definition) is 0. The minimum absolute atomic E-state index is 0.559. The van der Waals surface area contributed by atoms with Crippen molar-refractivity contribution in [1.29, 1.82) is 0 Å². The monoisotopic (exact) mass is 372 g/mol. The van der Waals surface area contributed by atoms with Crippen molar-refractivity contribution in [2.45, 2.75) is 6.61 Å². The van der Waals surface area contributed by atoms with Crippen LogP contribution in [0.1, 0.15) is 5.56 Å². The zero-order valence-electron chi connectivity index (χ0n) is 11.8. The van der Waals surface area contributed by atoms with Crippen molar-refractivity contribution in [2.24, 2.45) is 0 Å². The Balaban J connectivity index is 1.80. The standard InChI is InChI=1S/C19H14BrClO/c20-17-9-16(10-18(21)12-17)15-7-4-8-19(11-15)22-13-14-5-2-1-3-6-14/h1-12H,13H2. The first-order valence-corrected chi connectivity index (χ1v) is 8.11. The van der Waals surface area contributed by atoms with Crippen molar-refractivity contribution in [3.63, 3.8) is 0 Å². The average molecular weight is 374 g/mol. The number of benzene rings is 3. The summed E-state index contributed by atoms with van der Waals surface area (Å²) in [6.45, 7) is 0.559. The second-order valence-electron chi connectivity index (χ2n) is 4.96. The van der Waals surface area contributed by atoms with E-state index in [1.807, 2.05) is 60.7 Å². The normalized spacial score (nSPS) is 10.5. The van der Waals surface area contributed by atoms with E-state index in [0.29, 0.717) is 11.6 Å². The van der Waals surface area contributed by atoms with Gasteiger partial charge in [-0.25, -0.2) is 0 Å². The van der Waals surface area contributed by atoms with Crippen molar-refractivity contribution in [3.05, 3.63) is 87.9 Å². The van der Waals surface area contributed by atoms with Crippen molar-refractivity contribution in [2.75, 3.05) is 0 Å². The molecule has 1 nitrogen and oxygen atoms in total. The molecule has 0 atom stereocenters. The predicted octanol–water partition coefficient (Wildman–Crippen LogP) is 6.35. The van der Waals surface area contributed by atoms with Crippen molar-refractivity contribution in [3.8, 4) is 16.9 Å². The van der Waals surface area contributed by atoms with E-state index in [1.54, 1.807) is 0 Å². The van der Waals surface area contributed by atoms with Gasteiger partial charge in [-0.05, 0) is 47.0 Å². The molecule has 0 radical (unpaired) electrons. The van der Waals surface area contributed by atoms with E-state index in [2.05, 4.69) is 28.1 Å². The quantitative estimate of drug-likeness (QED) is 0.518. The lowest BCUT2D eigenvalue weighted by Crippen LogP contribution is -1.95. The molecule has 0 fully saturated rings. The van der Waals surface area contributed by atoms with E-state index in [0.717, 1.165) is 26.9 Å². The van der Waals surface area contributed by atoms with Gasteiger partial charge in [0.1, 0.15) is 12.4 Å². The molecule has 0 heterocycles. The van der Waals surface area contributed by atoms with Crippen LogP contribution < -0.4 is 4.74 Å². The molecule has 3 heteroatoms. The minimum Gasteiger partial charge on any atom is -0.489 e. The highest BCUT2D eigenvalue weighted by atomic mass is 79.9. The van der Waals surface area contributed by atoms with Crippen LogP contribution in [0.5, 0.6) is 5.75 Å². The van der Waals surface area contributed by atoms with Crippen molar-refractivity contribution < 1.29 is 4.74 Å². The molecular weight excluding hydrogens is 360 g/mol. The molecule has 0 aliphatic heterocycles. The molecule has 3 aromatic rings. The molecule has 0 aliphatic rings. The molecule has 22 heavy (non-hydrogen) atoms. The third-order valence-electron chi connectivity index (χ3n) is 3.28. The van der Waals surface area contributed by atoms with Gasteiger partial charge in [-0.1, -0.05) is 70.0 Å². The summed E-state index contributed by atoms with van der Waals surface area (Å²) >= 11 is 9.59. The number of hydrogen-bond acceptors (Lipinski definition) is 1. The van der Waals surface area contributed by atoms with Gasteiger partial charge < -0.3 is 4.74 Å². The van der Waals surface area contributed by atoms with Gasteiger partial charge in [-0.3, -0.25) is 0 Å². The highest BCUT2D eigenvalue weighted by molar-refractivity contribution is 9.10. The van der Waals surface area contributed by atoms with Gasteiger partial charge in [0.25, 0.3) is 0 Å². The highest BCUT2D eigenvalue weighted by Gasteiger charge is 2.03. The van der Waals surface area contributed by atoms with Crippen LogP contribution in [0.15, 0.2) is 77.3 Å². The zero-order chi connectivity index (χ0) is 15.4. The summed E-state index contributed by atoms with van der Waals surface area (Å²) in [5.41, 5.74) is 3.29. The summed E-state index contributed by atoms with van der Waals surface area (Å²) in [6, 6.07) is 24.0. The van der Waals surface area contributed by atoms with E-state index < -0.39 is 0 Å². The SMILES string of the molecule is Clc1cc(Br)cc(-c2cccc(OCc3ccccc3)c2)c1. The Bertz CT molecular complexity index is 751. The first-order chi connectivity index (χ1) is 10.7. The lowest BCUT2D eigenvalue weighted by molar-refractivity contribution is 0.306. The van der Waals surface area contributed by atoms with Gasteiger partial charge in [0.05, 0.1) is 0 Å². The molecule has 0 bridgehead atoms. The molecule has 0 saturated heterocycles. The minimum atomic E-state index is 0.559. The van der Waals surface area contributed by atoms with Crippen LogP contribution in [-0.2, 0) is 6.61 Å². The van der Waals surface area contributed by atoms with E-state index in [-0.39, 0.29) is 0 Å². The molecule has 0 amide bonds.